The zero-order chi connectivity index (χ0) is 20.7. The van der Waals surface area contributed by atoms with E-state index in [1.165, 1.54) is 0 Å². The Morgan fingerprint density at radius 3 is 2.90 bits per heavy atom. The van der Waals surface area contributed by atoms with Crippen LogP contribution in [0.25, 0.3) is 0 Å². The molecule has 1 aromatic carbocycles. The highest BCUT2D eigenvalue weighted by molar-refractivity contribution is 8.13. The van der Waals surface area contributed by atoms with E-state index in [9.17, 15) is 4.79 Å². The van der Waals surface area contributed by atoms with Gasteiger partial charge in [-0.1, -0.05) is 23.9 Å². The number of aliphatic imine (C=N–C) groups is 1. The van der Waals surface area contributed by atoms with Gasteiger partial charge in [0.2, 0.25) is 0 Å². The Balaban J connectivity index is 1.64. The summed E-state index contributed by atoms with van der Waals surface area (Å²) in [6, 6.07) is 11.1. The number of amides is 1. The third-order valence-electron chi connectivity index (χ3n) is 4.67. The predicted octanol–water partition coefficient (Wildman–Crippen LogP) is 3.42. The molecule has 3 N–H and O–H groups in total. The molecule has 154 valence electrons. The summed E-state index contributed by atoms with van der Waals surface area (Å²) in [6.45, 7) is 3.24. The summed E-state index contributed by atoms with van der Waals surface area (Å²) in [5.74, 6) is 1.27. The minimum Gasteiger partial charge on any atom is -0.492 e. The number of aromatic nitrogens is 1. The van der Waals surface area contributed by atoms with E-state index in [4.69, 9.17) is 15.2 Å². The van der Waals surface area contributed by atoms with Gasteiger partial charge in [0.05, 0.1) is 18.3 Å². The predicted molar refractivity (Wildman–Crippen MR) is 117 cm³/mol. The maximum atomic E-state index is 12.6. The van der Waals surface area contributed by atoms with Crippen molar-refractivity contribution < 1.29 is 14.3 Å². The van der Waals surface area contributed by atoms with Gasteiger partial charge >= 0.3 is 0 Å². The maximum absolute atomic E-state index is 12.6. The van der Waals surface area contributed by atoms with Crippen molar-refractivity contribution in [2.45, 2.75) is 25.3 Å². The van der Waals surface area contributed by atoms with Crippen LogP contribution in [-0.2, 0) is 10.3 Å². The second-order valence-electron chi connectivity index (χ2n) is 6.93. The zero-order valence-corrected chi connectivity index (χ0v) is 17.5. The Bertz CT molecular complexity index is 872. The van der Waals surface area contributed by atoms with Crippen LogP contribution in [0.4, 0.5) is 5.69 Å². The highest BCUT2D eigenvalue weighted by atomic mass is 32.2. The van der Waals surface area contributed by atoms with E-state index < -0.39 is 0 Å². The number of thioether (sulfide) groups is 1. The third kappa shape index (κ3) is 5.71. The van der Waals surface area contributed by atoms with Crippen LogP contribution in [-0.4, -0.2) is 42.1 Å². The van der Waals surface area contributed by atoms with Crippen molar-refractivity contribution in [3.8, 4) is 5.75 Å². The Kier molecular flexibility index (Phi) is 7.11. The van der Waals surface area contributed by atoms with Crippen LogP contribution in [0.3, 0.4) is 0 Å². The van der Waals surface area contributed by atoms with Crippen molar-refractivity contribution in [3.05, 3.63) is 53.9 Å². The van der Waals surface area contributed by atoms with E-state index in [1.807, 2.05) is 24.3 Å². The van der Waals surface area contributed by atoms with Crippen molar-refractivity contribution in [3.63, 3.8) is 0 Å². The molecule has 7 nitrogen and oxygen atoms in total. The van der Waals surface area contributed by atoms with E-state index >= 15 is 0 Å². The largest absolute Gasteiger partial charge is 0.492 e. The van der Waals surface area contributed by atoms with Crippen LogP contribution in [0.15, 0.2) is 47.6 Å². The highest BCUT2D eigenvalue weighted by Gasteiger charge is 2.29. The summed E-state index contributed by atoms with van der Waals surface area (Å²) in [5, 5.41) is 3.50. The first-order valence-corrected chi connectivity index (χ1v) is 10.5. The van der Waals surface area contributed by atoms with Gasteiger partial charge in [-0.25, -0.2) is 4.98 Å². The summed E-state index contributed by atoms with van der Waals surface area (Å²) in [6.07, 6.45) is 3.24. The molecule has 1 aliphatic heterocycles. The van der Waals surface area contributed by atoms with Gasteiger partial charge in [-0.2, -0.15) is 0 Å². The quantitative estimate of drug-likeness (QED) is 0.642. The van der Waals surface area contributed by atoms with E-state index in [-0.39, 0.29) is 11.4 Å². The van der Waals surface area contributed by atoms with Crippen molar-refractivity contribution in [1.29, 1.82) is 0 Å². The van der Waals surface area contributed by atoms with Crippen molar-refractivity contribution in [1.82, 2.24) is 4.98 Å². The molecule has 8 heteroatoms. The minimum absolute atomic E-state index is 0.277. The monoisotopic (exact) mass is 414 g/mol. The van der Waals surface area contributed by atoms with Gasteiger partial charge in [-0.05, 0) is 43.2 Å². The van der Waals surface area contributed by atoms with Gasteiger partial charge < -0.3 is 20.5 Å². The first kappa shape index (κ1) is 21.1. The molecular formula is C21H26N4O3S. The van der Waals surface area contributed by atoms with Gasteiger partial charge in [0, 0.05) is 31.6 Å². The molecule has 0 saturated carbocycles. The van der Waals surface area contributed by atoms with Crippen LogP contribution in [0.5, 0.6) is 5.75 Å². The van der Waals surface area contributed by atoms with Gasteiger partial charge in [0.15, 0.2) is 5.17 Å². The smallest absolute Gasteiger partial charge is 0.274 e. The lowest BCUT2D eigenvalue weighted by Gasteiger charge is -2.30. The van der Waals surface area contributed by atoms with E-state index in [2.05, 4.69) is 22.2 Å². The fourth-order valence-electron chi connectivity index (χ4n) is 3.01. The normalized spacial score (nSPS) is 18.8. The Morgan fingerprint density at radius 2 is 2.17 bits per heavy atom. The molecule has 0 radical (unpaired) electrons. The molecule has 1 aliphatic rings. The van der Waals surface area contributed by atoms with Gasteiger partial charge in [-0.3, -0.25) is 9.79 Å². The van der Waals surface area contributed by atoms with Gasteiger partial charge in [0.1, 0.15) is 11.4 Å². The summed E-state index contributed by atoms with van der Waals surface area (Å²) in [4.78, 5) is 21.4. The van der Waals surface area contributed by atoms with Crippen LogP contribution < -0.4 is 15.8 Å². The molecule has 0 saturated heterocycles. The number of carbonyl (C=O) groups is 1. The van der Waals surface area contributed by atoms with Crippen molar-refractivity contribution in [2.75, 3.05) is 31.4 Å². The topological polar surface area (TPSA) is 98.8 Å². The number of amidine groups is 1. The molecule has 0 bridgehead atoms. The number of anilines is 1. The lowest BCUT2D eigenvalue weighted by Crippen LogP contribution is -2.28. The number of methoxy groups -OCH3 is 1. The summed E-state index contributed by atoms with van der Waals surface area (Å²) < 4.78 is 10.5. The molecule has 2 heterocycles. The Hall–Kier alpha value is -2.58. The molecule has 1 aromatic heterocycles. The van der Waals surface area contributed by atoms with Crippen LogP contribution in [0, 0.1) is 0 Å². The van der Waals surface area contributed by atoms with Crippen LogP contribution in [0.2, 0.25) is 0 Å². The second kappa shape index (κ2) is 9.76. The fourth-order valence-corrected chi connectivity index (χ4v) is 3.99. The number of carbonyl (C=O) groups excluding carboxylic acids is 1. The first-order chi connectivity index (χ1) is 14.0. The molecule has 3 rings (SSSR count). The number of benzene rings is 1. The molecule has 1 amide bonds. The summed E-state index contributed by atoms with van der Waals surface area (Å²) >= 11 is 1.57. The Labute approximate surface area is 175 Å². The third-order valence-corrected chi connectivity index (χ3v) is 5.46. The minimum atomic E-state index is -0.379. The lowest BCUT2D eigenvalue weighted by atomic mass is 9.89. The van der Waals surface area contributed by atoms with Gasteiger partial charge in [-0.15, -0.1) is 0 Å². The number of ether oxygens (including phenoxy) is 2. The number of nitrogens with one attached hydrogen (secondary N) is 1. The van der Waals surface area contributed by atoms with Crippen LogP contribution in [0.1, 0.15) is 35.8 Å². The van der Waals surface area contributed by atoms with Crippen molar-refractivity contribution >= 4 is 28.5 Å². The number of nitrogens with two attached hydrogens (primary N) is 1. The lowest BCUT2D eigenvalue weighted by molar-refractivity contribution is 0.102. The number of rotatable bonds is 8. The SMILES string of the molecule is COCCCOc1ccc(C(=O)Nc2cccc([C@]3(C)CCSC(N)=N3)c2)nc1. The molecule has 0 fully saturated rings. The molecule has 29 heavy (non-hydrogen) atoms. The molecule has 2 aromatic rings. The molecule has 0 unspecified atom stereocenters. The summed E-state index contributed by atoms with van der Waals surface area (Å²) in [7, 11) is 1.65. The van der Waals surface area contributed by atoms with Gasteiger partial charge in [0.25, 0.3) is 5.91 Å². The molecular weight excluding hydrogens is 388 g/mol. The Morgan fingerprint density at radius 1 is 1.31 bits per heavy atom. The highest BCUT2D eigenvalue weighted by Crippen LogP contribution is 2.35. The number of hydrogen-bond donors (Lipinski definition) is 2. The molecule has 1 atom stereocenters. The van der Waals surface area contributed by atoms with E-state index in [0.717, 1.165) is 24.2 Å². The molecule has 0 spiro atoms. The average molecular weight is 415 g/mol. The van der Waals surface area contributed by atoms with E-state index in [1.54, 1.807) is 37.2 Å². The first-order valence-electron chi connectivity index (χ1n) is 9.48. The fraction of sp³-hybridized carbons (Fsp3) is 0.381. The molecule has 0 aliphatic carbocycles. The average Bonchev–Trinajstić information content (AvgIpc) is 2.72. The number of hydrogen-bond acceptors (Lipinski definition) is 7. The van der Waals surface area contributed by atoms with E-state index in [0.29, 0.717) is 35.5 Å². The summed E-state index contributed by atoms with van der Waals surface area (Å²) in [5.41, 5.74) is 7.58. The van der Waals surface area contributed by atoms with Crippen molar-refractivity contribution in [2.24, 2.45) is 10.7 Å². The number of nitrogens with zero attached hydrogens (tertiary/aromatic N) is 2. The number of pyridine rings is 1. The second-order valence-corrected chi connectivity index (χ2v) is 8.05. The zero-order valence-electron chi connectivity index (χ0n) is 16.7. The maximum Gasteiger partial charge on any atom is 0.274 e. The van der Waals surface area contributed by atoms with Crippen LogP contribution >= 0.6 is 11.8 Å². The standard InChI is InChI=1S/C21H26N4O3S/c1-21(9-12-29-20(22)25-21)15-5-3-6-16(13-15)24-19(26)18-8-7-17(14-23-18)28-11-4-10-27-2/h3,5-8,13-14H,4,9-12H2,1-2H3,(H2,22,25)(H,24,26)/t21-/m0/s1.